The average molecular weight is 552 g/mol. The number of nitriles is 1. The molecule has 1 aliphatic heterocycles. The van der Waals surface area contributed by atoms with E-state index in [-0.39, 0.29) is 23.0 Å². The van der Waals surface area contributed by atoms with Crippen molar-refractivity contribution in [3.05, 3.63) is 54.4 Å². The number of hydrogen-bond acceptors (Lipinski definition) is 8. The summed E-state index contributed by atoms with van der Waals surface area (Å²) in [5.74, 6) is 0.129. The van der Waals surface area contributed by atoms with Gasteiger partial charge < -0.3 is 20.3 Å². The first-order valence-corrected chi connectivity index (χ1v) is 13.2. The Bertz CT molecular complexity index is 1540. The number of pyridine rings is 1. The first-order valence-electron chi connectivity index (χ1n) is 13.2. The normalized spacial score (nSPS) is 22.2. The van der Waals surface area contributed by atoms with E-state index >= 15 is 0 Å². The smallest absolute Gasteiger partial charge is 0.392 e. The number of likely N-dealkylation sites (tertiary alicyclic amines) is 1. The highest BCUT2D eigenvalue weighted by Crippen LogP contribution is 2.45. The lowest BCUT2D eigenvalue weighted by Gasteiger charge is -2.52. The molecular weight excluding hydrogens is 523 g/mol. The fourth-order valence-electron chi connectivity index (χ4n) is 5.96. The van der Waals surface area contributed by atoms with Crippen molar-refractivity contribution in [2.75, 3.05) is 18.4 Å². The van der Waals surface area contributed by atoms with Crippen LogP contribution in [0.15, 0.2) is 43.1 Å². The van der Waals surface area contributed by atoms with Crippen molar-refractivity contribution in [2.24, 2.45) is 0 Å². The van der Waals surface area contributed by atoms with Crippen molar-refractivity contribution < 1.29 is 18.3 Å². The van der Waals surface area contributed by atoms with Crippen LogP contribution in [0.3, 0.4) is 0 Å². The molecule has 0 unspecified atom stereocenters. The molecule has 1 saturated carbocycles. The van der Waals surface area contributed by atoms with E-state index in [2.05, 4.69) is 41.3 Å². The molecule has 0 spiro atoms. The van der Waals surface area contributed by atoms with E-state index in [1.54, 1.807) is 6.20 Å². The van der Waals surface area contributed by atoms with Crippen LogP contribution in [0.1, 0.15) is 43.4 Å². The molecule has 208 valence electrons. The van der Waals surface area contributed by atoms with Crippen LogP contribution in [0.4, 0.5) is 19.0 Å². The number of rotatable bonds is 7. The summed E-state index contributed by atoms with van der Waals surface area (Å²) in [4.78, 5) is 17.9. The van der Waals surface area contributed by atoms with Gasteiger partial charge in [-0.2, -0.15) is 23.5 Å². The lowest BCUT2D eigenvalue weighted by atomic mass is 9.69. The lowest BCUT2D eigenvalue weighted by molar-refractivity contribution is -0.141. The third-order valence-corrected chi connectivity index (χ3v) is 8.09. The Hall–Kier alpha value is -4.02. The van der Waals surface area contributed by atoms with E-state index in [1.165, 1.54) is 12.4 Å². The summed E-state index contributed by atoms with van der Waals surface area (Å²) < 4.78 is 41.6. The van der Waals surface area contributed by atoms with Crippen LogP contribution in [0.2, 0.25) is 0 Å². The molecule has 0 bridgehead atoms. The van der Waals surface area contributed by atoms with Crippen molar-refractivity contribution in [1.29, 1.82) is 5.26 Å². The van der Waals surface area contributed by atoms with Crippen molar-refractivity contribution in [1.82, 2.24) is 34.6 Å². The molecule has 0 aromatic carbocycles. The minimum Gasteiger partial charge on any atom is -0.392 e. The Labute approximate surface area is 227 Å². The molecule has 0 amide bonds. The van der Waals surface area contributed by atoms with Crippen molar-refractivity contribution in [2.45, 2.75) is 62.5 Å². The second-order valence-corrected chi connectivity index (χ2v) is 10.6. The summed E-state index contributed by atoms with van der Waals surface area (Å²) >= 11 is 0. The van der Waals surface area contributed by atoms with Gasteiger partial charge in [0.15, 0.2) is 0 Å². The van der Waals surface area contributed by atoms with E-state index in [4.69, 9.17) is 0 Å². The summed E-state index contributed by atoms with van der Waals surface area (Å²) in [7, 11) is 0. The van der Waals surface area contributed by atoms with Gasteiger partial charge in [-0.3, -0.25) is 4.68 Å². The van der Waals surface area contributed by atoms with E-state index in [1.807, 2.05) is 23.1 Å². The molecule has 1 aliphatic carbocycles. The highest BCUT2D eigenvalue weighted by Gasteiger charge is 2.49. The molecule has 3 N–H and O–H groups in total. The number of nitrogens with zero attached hydrogens (tertiary/aromatic N) is 7. The predicted molar refractivity (Wildman–Crippen MR) is 140 cm³/mol. The van der Waals surface area contributed by atoms with Crippen LogP contribution >= 0.6 is 0 Å². The Kier molecular flexibility index (Phi) is 6.67. The van der Waals surface area contributed by atoms with Crippen LogP contribution in [-0.2, 0) is 18.3 Å². The number of alkyl halides is 3. The number of aliphatic hydroxyl groups excluding tert-OH is 1. The average Bonchev–Trinajstić information content (AvgIpc) is 3.61. The van der Waals surface area contributed by atoms with E-state index in [0.29, 0.717) is 12.5 Å². The number of piperidine rings is 1. The van der Waals surface area contributed by atoms with Gasteiger partial charge >= 0.3 is 6.18 Å². The van der Waals surface area contributed by atoms with Crippen molar-refractivity contribution in [3.63, 3.8) is 0 Å². The number of aromatic amines is 1. The zero-order valence-electron chi connectivity index (χ0n) is 21.6. The molecule has 2 fully saturated rings. The van der Waals surface area contributed by atoms with E-state index < -0.39 is 18.5 Å². The molecule has 6 rings (SSSR count). The number of aromatic nitrogens is 6. The van der Waals surface area contributed by atoms with Gasteiger partial charge in [0.25, 0.3) is 0 Å². The Balaban J connectivity index is 1.09. The minimum absolute atomic E-state index is 0.0190. The summed E-state index contributed by atoms with van der Waals surface area (Å²) in [6, 6.07) is 6.88. The number of halogens is 3. The first-order chi connectivity index (χ1) is 19.3. The molecule has 10 nitrogen and oxygen atoms in total. The van der Waals surface area contributed by atoms with Gasteiger partial charge in [-0.25, -0.2) is 15.0 Å². The largest absolute Gasteiger partial charge is 0.433 e. The number of aliphatic hydroxyl groups is 1. The fraction of sp³-hybridized carbons (Fsp3) is 0.444. The monoisotopic (exact) mass is 551 g/mol. The second-order valence-electron chi connectivity index (χ2n) is 10.6. The van der Waals surface area contributed by atoms with Crippen LogP contribution in [0.5, 0.6) is 0 Å². The van der Waals surface area contributed by atoms with Crippen LogP contribution in [0, 0.1) is 11.3 Å². The van der Waals surface area contributed by atoms with Gasteiger partial charge in [-0.1, -0.05) is 0 Å². The number of nitrogens with one attached hydrogen (secondary N) is 2. The SMILES string of the molecule is N#CC[C@]1(n2cc(-c3ncnc4[nH]ccc34)cn2)C[C@H](N2CCC(Nc3cc(CO)cc(C(F)(F)F)n3)CC2)C1. The molecule has 1 saturated heterocycles. The maximum atomic E-state index is 13.2. The topological polar surface area (TPSA) is 132 Å². The van der Waals surface area contributed by atoms with Crippen LogP contribution in [0.25, 0.3) is 22.3 Å². The summed E-state index contributed by atoms with van der Waals surface area (Å²) in [5.41, 5.74) is 1.18. The Morgan fingerprint density at radius 1 is 1.20 bits per heavy atom. The summed E-state index contributed by atoms with van der Waals surface area (Å²) in [6.45, 7) is 1.08. The van der Waals surface area contributed by atoms with Crippen molar-refractivity contribution in [3.8, 4) is 17.3 Å². The number of hydrogen-bond donors (Lipinski definition) is 3. The summed E-state index contributed by atoms with van der Waals surface area (Å²) in [5, 5.41) is 27.7. The van der Waals surface area contributed by atoms with Gasteiger partial charge in [0.2, 0.25) is 0 Å². The Morgan fingerprint density at radius 2 is 2.00 bits per heavy atom. The molecule has 0 atom stereocenters. The molecule has 40 heavy (non-hydrogen) atoms. The van der Waals surface area contributed by atoms with Gasteiger partial charge in [-0.05, 0) is 49.4 Å². The predicted octanol–water partition coefficient (Wildman–Crippen LogP) is 4.08. The van der Waals surface area contributed by atoms with Crippen LogP contribution in [-0.4, -0.2) is 64.9 Å². The lowest BCUT2D eigenvalue weighted by Crippen LogP contribution is -2.58. The van der Waals surface area contributed by atoms with E-state index in [9.17, 15) is 23.5 Å². The summed E-state index contributed by atoms with van der Waals surface area (Å²) in [6.07, 6.45) is 5.93. The fourth-order valence-corrected chi connectivity index (χ4v) is 5.96. The first kappa shape index (κ1) is 26.2. The molecule has 13 heteroatoms. The van der Waals surface area contributed by atoms with Crippen LogP contribution < -0.4 is 5.32 Å². The zero-order valence-corrected chi connectivity index (χ0v) is 21.6. The number of fused-ring (bicyclic) bond motifs is 1. The van der Waals surface area contributed by atoms with Gasteiger partial charge in [0, 0.05) is 48.5 Å². The van der Waals surface area contributed by atoms with Gasteiger partial charge in [0.05, 0.1) is 36.5 Å². The number of H-pyrrole nitrogens is 1. The second kappa shape index (κ2) is 10.2. The maximum Gasteiger partial charge on any atom is 0.433 e. The highest BCUT2D eigenvalue weighted by molar-refractivity contribution is 5.90. The maximum absolute atomic E-state index is 13.2. The molecule has 5 heterocycles. The third-order valence-electron chi connectivity index (χ3n) is 8.09. The molecule has 2 aliphatic rings. The molecule has 0 radical (unpaired) electrons. The van der Waals surface area contributed by atoms with Crippen molar-refractivity contribution >= 4 is 16.9 Å². The van der Waals surface area contributed by atoms with Gasteiger partial charge in [0.1, 0.15) is 23.5 Å². The third kappa shape index (κ3) is 4.89. The Morgan fingerprint density at radius 3 is 2.73 bits per heavy atom. The molecular formula is C27H28F3N9O. The minimum atomic E-state index is -4.58. The molecule has 4 aromatic heterocycles. The number of anilines is 1. The quantitative estimate of drug-likeness (QED) is 0.313. The molecule has 4 aromatic rings. The van der Waals surface area contributed by atoms with Gasteiger partial charge in [-0.15, -0.1) is 0 Å². The highest BCUT2D eigenvalue weighted by atomic mass is 19.4. The standard InChI is InChI=1S/C27H28F3N9O/c28-27(29,30)22-9-17(15-40)10-23(37-22)36-19-2-7-38(8-3-19)20-11-26(12-20,4-5-31)39-14-18(13-35-39)24-21-1-6-32-25(21)34-16-33-24/h1,6,9-10,13-14,16,19-20,40H,2-4,7-8,11-12,15H2,(H,36,37)(H,32,33,34)/t20-,26-. The zero-order chi connectivity index (χ0) is 27.9. The van der Waals surface area contributed by atoms with E-state index in [0.717, 1.165) is 67.1 Å².